The Hall–Kier alpha value is -1.71. The van der Waals surface area contributed by atoms with Crippen molar-refractivity contribution >= 4 is 23.3 Å². The molecule has 8 nitrogen and oxygen atoms in total. The van der Waals surface area contributed by atoms with Gasteiger partial charge in [0.25, 0.3) is 0 Å². The van der Waals surface area contributed by atoms with Crippen molar-refractivity contribution < 1.29 is 14.3 Å². The molecule has 1 aromatic rings. The zero-order chi connectivity index (χ0) is 22.1. The Bertz CT molecular complexity index is 701. The number of aryl methyl sites for hydroxylation is 1. The Morgan fingerprint density at radius 3 is 2.63 bits per heavy atom. The third-order valence-corrected chi connectivity index (χ3v) is 6.35. The van der Waals surface area contributed by atoms with E-state index in [4.69, 9.17) is 9.47 Å². The Kier molecular flexibility index (Phi) is 10.0. The van der Waals surface area contributed by atoms with Crippen LogP contribution in [-0.2, 0) is 9.47 Å². The van der Waals surface area contributed by atoms with E-state index < -0.39 is 0 Å². The first-order valence-electron chi connectivity index (χ1n) is 10.8. The van der Waals surface area contributed by atoms with E-state index in [1.165, 1.54) is 11.3 Å². The predicted molar refractivity (Wildman–Crippen MR) is 121 cm³/mol. The summed E-state index contributed by atoms with van der Waals surface area (Å²) in [6.07, 6.45) is 1.12. The Morgan fingerprint density at radius 1 is 1.33 bits per heavy atom. The van der Waals surface area contributed by atoms with Crippen LogP contribution in [0.1, 0.15) is 60.5 Å². The quantitative estimate of drug-likeness (QED) is 0.347. The van der Waals surface area contributed by atoms with Crippen molar-refractivity contribution in [3.8, 4) is 0 Å². The van der Waals surface area contributed by atoms with Gasteiger partial charge in [-0.15, -0.1) is 11.3 Å². The Morgan fingerprint density at radius 2 is 2.03 bits per heavy atom. The smallest absolute Gasteiger partial charge is 0.350 e. The first-order chi connectivity index (χ1) is 14.3. The predicted octanol–water partition coefficient (Wildman–Crippen LogP) is 2.60. The van der Waals surface area contributed by atoms with Crippen LogP contribution in [0.5, 0.6) is 0 Å². The fraction of sp³-hybridized carbons (Fsp3) is 0.762. The molecule has 0 aromatic carbocycles. The minimum atomic E-state index is -0.310. The van der Waals surface area contributed by atoms with Gasteiger partial charge in [-0.25, -0.2) is 9.78 Å². The molecule has 1 aliphatic heterocycles. The van der Waals surface area contributed by atoms with Gasteiger partial charge in [-0.2, -0.15) is 0 Å². The highest BCUT2D eigenvalue weighted by Gasteiger charge is 2.23. The molecule has 1 saturated heterocycles. The van der Waals surface area contributed by atoms with Gasteiger partial charge in [0, 0.05) is 32.7 Å². The maximum Gasteiger partial charge on any atom is 0.350 e. The highest BCUT2D eigenvalue weighted by molar-refractivity contribution is 7.13. The van der Waals surface area contributed by atoms with Crippen molar-refractivity contribution in [3.05, 3.63) is 15.6 Å². The summed E-state index contributed by atoms with van der Waals surface area (Å²) in [6.45, 7) is 14.9. The zero-order valence-corrected chi connectivity index (χ0v) is 20.0. The molecule has 0 spiro atoms. The number of nitrogens with one attached hydrogen (secondary N) is 2. The van der Waals surface area contributed by atoms with Gasteiger partial charge < -0.3 is 20.1 Å². The van der Waals surface area contributed by atoms with Gasteiger partial charge in [0.05, 0.1) is 31.6 Å². The van der Waals surface area contributed by atoms with Crippen molar-refractivity contribution in [2.24, 2.45) is 10.9 Å². The number of thiazole rings is 1. The number of guanidine groups is 1. The molecular weight excluding hydrogens is 402 g/mol. The van der Waals surface area contributed by atoms with Gasteiger partial charge in [-0.1, -0.05) is 13.8 Å². The van der Waals surface area contributed by atoms with E-state index in [9.17, 15) is 4.79 Å². The van der Waals surface area contributed by atoms with Crippen LogP contribution in [0.25, 0.3) is 0 Å². The number of hydrogen-bond acceptors (Lipinski definition) is 7. The van der Waals surface area contributed by atoms with Crippen LogP contribution in [0, 0.1) is 12.8 Å². The summed E-state index contributed by atoms with van der Waals surface area (Å²) in [4.78, 5) is 24.1. The summed E-state index contributed by atoms with van der Waals surface area (Å²) in [6, 6.07) is 0.357. The second-order valence-corrected chi connectivity index (χ2v) is 8.97. The van der Waals surface area contributed by atoms with E-state index >= 15 is 0 Å². The molecule has 2 heterocycles. The van der Waals surface area contributed by atoms with Crippen LogP contribution in [0.4, 0.5) is 0 Å². The number of ether oxygens (including phenoxy) is 2. The highest BCUT2D eigenvalue weighted by atomic mass is 32.1. The average Bonchev–Trinajstić information content (AvgIpc) is 3.12. The number of nitrogens with zero attached hydrogens (tertiary/aromatic N) is 3. The van der Waals surface area contributed by atoms with Crippen LogP contribution in [0.3, 0.4) is 0 Å². The van der Waals surface area contributed by atoms with Crippen molar-refractivity contribution in [1.29, 1.82) is 0 Å². The summed E-state index contributed by atoms with van der Waals surface area (Å²) in [7, 11) is 1.77. The second-order valence-electron chi connectivity index (χ2n) is 7.94. The fourth-order valence-corrected chi connectivity index (χ4v) is 4.48. The molecule has 2 rings (SSSR count). The average molecular weight is 440 g/mol. The largest absolute Gasteiger partial charge is 0.462 e. The monoisotopic (exact) mass is 439 g/mol. The van der Waals surface area contributed by atoms with Crippen molar-refractivity contribution in [3.63, 3.8) is 0 Å². The van der Waals surface area contributed by atoms with Crippen molar-refractivity contribution in [2.45, 2.75) is 53.1 Å². The van der Waals surface area contributed by atoms with Crippen LogP contribution in [-0.4, -0.2) is 74.4 Å². The van der Waals surface area contributed by atoms with Crippen molar-refractivity contribution in [1.82, 2.24) is 20.5 Å². The number of hydrogen-bond donors (Lipinski definition) is 2. The van der Waals surface area contributed by atoms with E-state index in [-0.39, 0.29) is 12.0 Å². The minimum absolute atomic E-state index is 0.0741. The lowest BCUT2D eigenvalue weighted by Crippen LogP contribution is -2.51. The number of esters is 1. The molecule has 170 valence electrons. The molecule has 2 N–H and O–H groups in total. The molecule has 30 heavy (non-hydrogen) atoms. The number of carbonyl (C=O) groups is 1. The molecule has 2 atom stereocenters. The van der Waals surface area contributed by atoms with E-state index in [0.29, 0.717) is 29.1 Å². The summed E-state index contributed by atoms with van der Waals surface area (Å²) in [5.74, 6) is 1.04. The zero-order valence-electron chi connectivity index (χ0n) is 19.2. The van der Waals surface area contributed by atoms with Gasteiger partial charge in [-0.3, -0.25) is 9.89 Å². The SMILES string of the molecule is CCOC(=O)c1sc(C(C)NC(=NC)NCC(CC(C)C)N2CCOCC2)nc1C. The number of rotatable bonds is 9. The standard InChI is InChI=1S/C21H37N5O3S/c1-7-29-20(27)18-15(4)24-19(30-18)16(5)25-21(22-6)23-13-17(12-14(2)3)26-8-10-28-11-9-26/h14,16-17H,7-13H2,1-6H3,(H2,22,23,25). The van der Waals surface area contributed by atoms with Gasteiger partial charge >= 0.3 is 5.97 Å². The molecule has 2 unspecified atom stereocenters. The summed E-state index contributed by atoms with van der Waals surface area (Å²) >= 11 is 1.37. The van der Waals surface area contributed by atoms with Crippen LogP contribution < -0.4 is 10.6 Å². The molecule has 0 radical (unpaired) electrons. The van der Waals surface area contributed by atoms with E-state index in [2.05, 4.69) is 39.4 Å². The topological polar surface area (TPSA) is 88.1 Å². The van der Waals surface area contributed by atoms with Crippen LogP contribution in [0.15, 0.2) is 4.99 Å². The number of carbonyl (C=O) groups excluding carboxylic acids is 1. The Labute approximate surface area is 184 Å². The molecule has 0 amide bonds. The maximum atomic E-state index is 12.1. The van der Waals surface area contributed by atoms with E-state index in [1.54, 1.807) is 14.0 Å². The van der Waals surface area contributed by atoms with Crippen LogP contribution in [0.2, 0.25) is 0 Å². The molecule has 0 bridgehead atoms. The molecule has 0 aliphatic carbocycles. The lowest BCUT2D eigenvalue weighted by Gasteiger charge is -2.36. The van der Waals surface area contributed by atoms with Crippen LogP contribution >= 0.6 is 11.3 Å². The first kappa shape index (κ1) is 24.6. The minimum Gasteiger partial charge on any atom is -0.462 e. The lowest BCUT2D eigenvalue weighted by molar-refractivity contribution is 0.0132. The van der Waals surface area contributed by atoms with Gasteiger partial charge in [-0.05, 0) is 33.1 Å². The van der Waals surface area contributed by atoms with E-state index in [0.717, 1.165) is 50.2 Å². The second kappa shape index (κ2) is 12.2. The molecule has 0 saturated carbocycles. The Balaban J connectivity index is 1.97. The molecule has 9 heteroatoms. The molecular formula is C21H37N5O3S. The van der Waals surface area contributed by atoms with Gasteiger partial charge in [0.15, 0.2) is 5.96 Å². The summed E-state index contributed by atoms with van der Waals surface area (Å²) in [5, 5.41) is 7.71. The third-order valence-electron chi connectivity index (χ3n) is 5.03. The summed E-state index contributed by atoms with van der Waals surface area (Å²) in [5.41, 5.74) is 0.703. The molecule has 1 fully saturated rings. The third kappa shape index (κ3) is 7.21. The van der Waals surface area contributed by atoms with Gasteiger partial charge in [0.2, 0.25) is 0 Å². The molecule has 1 aliphatic rings. The lowest BCUT2D eigenvalue weighted by atomic mass is 10.0. The molecule has 1 aromatic heterocycles. The first-order valence-corrected chi connectivity index (χ1v) is 11.6. The van der Waals surface area contributed by atoms with E-state index in [1.807, 2.05) is 13.8 Å². The number of aromatic nitrogens is 1. The van der Waals surface area contributed by atoms with Crippen molar-refractivity contribution in [2.75, 3.05) is 46.5 Å². The normalized spacial score (nSPS) is 17.6. The number of morpholine rings is 1. The number of aliphatic imine (C=N–C) groups is 1. The fourth-order valence-electron chi connectivity index (χ4n) is 3.51. The highest BCUT2D eigenvalue weighted by Crippen LogP contribution is 2.24. The maximum absolute atomic E-state index is 12.1. The summed E-state index contributed by atoms with van der Waals surface area (Å²) < 4.78 is 10.6. The van der Waals surface area contributed by atoms with Gasteiger partial charge in [0.1, 0.15) is 9.88 Å².